The molecule has 2 N–H and O–H groups in total. The minimum atomic E-state index is 0.208. The molecule has 0 unspecified atom stereocenters. The highest BCUT2D eigenvalue weighted by Gasteiger charge is 1.95. The molecular weight excluding hydrogens is 142 g/mol. The lowest BCUT2D eigenvalue weighted by molar-refractivity contribution is 0.319. The largest absolute Gasteiger partial charge is 0.508 e. The lowest BCUT2D eigenvalue weighted by Crippen LogP contribution is -1.92. The normalized spacial score (nSPS) is 11.5. The molecule has 0 bridgehead atoms. The third-order valence-corrected chi connectivity index (χ3v) is 1.44. The van der Waals surface area contributed by atoms with Gasteiger partial charge in [-0.25, -0.2) is 0 Å². The van der Waals surface area contributed by atoms with Crippen molar-refractivity contribution in [1.82, 2.24) is 0 Å². The summed E-state index contributed by atoms with van der Waals surface area (Å²) in [6.07, 6.45) is 0. The summed E-state index contributed by atoms with van der Waals surface area (Å²) in [7, 11) is 0. The Bertz CT molecular complexity index is 264. The maximum absolute atomic E-state index is 8.91. The van der Waals surface area contributed by atoms with E-state index in [1.165, 1.54) is 0 Å². The highest BCUT2D eigenvalue weighted by atomic mass is 16.4. The number of hydrogen-bond acceptors (Lipinski definition) is 3. The topological polar surface area (TPSA) is 52.8 Å². The van der Waals surface area contributed by atoms with E-state index < -0.39 is 0 Å². The lowest BCUT2D eigenvalue weighted by Gasteiger charge is -1.96. The van der Waals surface area contributed by atoms with Crippen molar-refractivity contribution >= 4 is 5.71 Å². The van der Waals surface area contributed by atoms with Gasteiger partial charge in [-0.3, -0.25) is 0 Å². The smallest absolute Gasteiger partial charge is 0.115 e. The van der Waals surface area contributed by atoms with E-state index in [4.69, 9.17) is 10.3 Å². The molecule has 0 saturated carbocycles. The second kappa shape index (κ2) is 3.05. The molecule has 0 amide bonds. The highest BCUT2D eigenvalue weighted by molar-refractivity contribution is 5.98. The molecule has 0 radical (unpaired) electrons. The lowest BCUT2D eigenvalue weighted by atomic mass is 10.1. The van der Waals surface area contributed by atoms with Crippen LogP contribution in [0, 0.1) is 0 Å². The van der Waals surface area contributed by atoms with Crippen molar-refractivity contribution in [3.8, 4) is 5.75 Å². The molecule has 3 nitrogen and oxygen atoms in total. The molecule has 0 spiro atoms. The SMILES string of the molecule is CC(=NO)c1ccc(O)cc1. The third kappa shape index (κ3) is 1.70. The predicted molar refractivity (Wildman–Crippen MR) is 42.1 cm³/mol. The van der Waals surface area contributed by atoms with Crippen LogP contribution in [-0.4, -0.2) is 16.0 Å². The summed E-state index contributed by atoms with van der Waals surface area (Å²) in [6.45, 7) is 1.69. The molecule has 0 aliphatic rings. The predicted octanol–water partition coefficient (Wildman–Crippen LogP) is 1.59. The molecule has 0 saturated heterocycles. The van der Waals surface area contributed by atoms with Crippen LogP contribution >= 0.6 is 0 Å². The summed E-state index contributed by atoms with van der Waals surface area (Å²) in [5.74, 6) is 0.208. The number of oxime groups is 1. The Hall–Kier alpha value is -1.51. The van der Waals surface area contributed by atoms with Crippen molar-refractivity contribution in [3.63, 3.8) is 0 Å². The molecule has 0 aliphatic carbocycles. The minimum absolute atomic E-state index is 0.208. The van der Waals surface area contributed by atoms with E-state index in [1.807, 2.05) is 0 Å². The van der Waals surface area contributed by atoms with E-state index >= 15 is 0 Å². The zero-order valence-corrected chi connectivity index (χ0v) is 6.15. The number of rotatable bonds is 1. The van der Waals surface area contributed by atoms with E-state index in [1.54, 1.807) is 31.2 Å². The first-order valence-electron chi connectivity index (χ1n) is 3.22. The maximum Gasteiger partial charge on any atom is 0.115 e. The van der Waals surface area contributed by atoms with Crippen LogP contribution in [0.3, 0.4) is 0 Å². The van der Waals surface area contributed by atoms with Crippen molar-refractivity contribution in [2.24, 2.45) is 5.16 Å². The van der Waals surface area contributed by atoms with Gasteiger partial charge in [-0.1, -0.05) is 5.16 Å². The fourth-order valence-corrected chi connectivity index (χ4v) is 0.760. The minimum Gasteiger partial charge on any atom is -0.508 e. The summed E-state index contributed by atoms with van der Waals surface area (Å²) in [5.41, 5.74) is 1.33. The average Bonchev–Trinajstić information content (AvgIpc) is 2.05. The summed E-state index contributed by atoms with van der Waals surface area (Å²) >= 11 is 0. The fourth-order valence-electron chi connectivity index (χ4n) is 0.760. The maximum atomic E-state index is 8.91. The second-order valence-corrected chi connectivity index (χ2v) is 2.23. The number of hydrogen-bond donors (Lipinski definition) is 2. The van der Waals surface area contributed by atoms with Gasteiger partial charge < -0.3 is 10.3 Å². The Balaban J connectivity index is 2.99. The Morgan fingerprint density at radius 1 is 1.27 bits per heavy atom. The van der Waals surface area contributed by atoms with Crippen molar-refractivity contribution in [2.45, 2.75) is 6.92 Å². The fraction of sp³-hybridized carbons (Fsp3) is 0.125. The summed E-state index contributed by atoms with van der Waals surface area (Å²) in [4.78, 5) is 0. The van der Waals surface area contributed by atoms with Gasteiger partial charge in [-0.15, -0.1) is 0 Å². The van der Waals surface area contributed by atoms with Crippen LogP contribution in [0.15, 0.2) is 29.4 Å². The monoisotopic (exact) mass is 151 g/mol. The van der Waals surface area contributed by atoms with Gasteiger partial charge in [-0.2, -0.15) is 0 Å². The van der Waals surface area contributed by atoms with E-state index in [2.05, 4.69) is 5.16 Å². The Morgan fingerprint density at radius 3 is 2.27 bits per heavy atom. The first-order valence-corrected chi connectivity index (χ1v) is 3.22. The number of aromatic hydroxyl groups is 1. The van der Waals surface area contributed by atoms with Crippen LogP contribution in [0.5, 0.6) is 5.75 Å². The van der Waals surface area contributed by atoms with Gasteiger partial charge in [-0.05, 0) is 36.8 Å². The van der Waals surface area contributed by atoms with Crippen molar-refractivity contribution in [1.29, 1.82) is 0 Å². The molecule has 0 aliphatic heterocycles. The Morgan fingerprint density at radius 2 is 1.82 bits per heavy atom. The van der Waals surface area contributed by atoms with Gasteiger partial charge in [0, 0.05) is 0 Å². The quantitative estimate of drug-likeness (QED) is 0.364. The van der Waals surface area contributed by atoms with Crippen LogP contribution < -0.4 is 0 Å². The zero-order valence-electron chi connectivity index (χ0n) is 6.15. The molecule has 1 aromatic carbocycles. The van der Waals surface area contributed by atoms with E-state index in [-0.39, 0.29) is 5.75 Å². The van der Waals surface area contributed by atoms with Gasteiger partial charge in [0.25, 0.3) is 0 Å². The van der Waals surface area contributed by atoms with E-state index in [0.717, 1.165) is 5.56 Å². The standard InChI is InChI=1S/C8H9NO2/c1-6(9-11)7-2-4-8(10)5-3-7/h2-5,10-11H,1H3. The number of phenolic OH excluding ortho intramolecular Hbond substituents is 1. The van der Waals surface area contributed by atoms with Gasteiger partial charge in [0.1, 0.15) is 5.75 Å². The molecule has 3 heteroatoms. The molecule has 1 aromatic rings. The second-order valence-electron chi connectivity index (χ2n) is 2.23. The molecule has 0 aromatic heterocycles. The first-order chi connectivity index (χ1) is 5.24. The van der Waals surface area contributed by atoms with Crippen LogP contribution in [0.25, 0.3) is 0 Å². The molecule has 0 heterocycles. The van der Waals surface area contributed by atoms with Crippen LogP contribution in [0.1, 0.15) is 12.5 Å². The van der Waals surface area contributed by atoms with Crippen molar-refractivity contribution in [3.05, 3.63) is 29.8 Å². The highest BCUT2D eigenvalue weighted by Crippen LogP contribution is 2.09. The number of benzene rings is 1. The first kappa shape index (κ1) is 7.60. The van der Waals surface area contributed by atoms with Crippen molar-refractivity contribution in [2.75, 3.05) is 0 Å². The average molecular weight is 151 g/mol. The molecule has 58 valence electrons. The van der Waals surface area contributed by atoms with E-state index in [0.29, 0.717) is 5.71 Å². The number of phenols is 1. The van der Waals surface area contributed by atoms with Gasteiger partial charge >= 0.3 is 0 Å². The molecule has 0 atom stereocenters. The van der Waals surface area contributed by atoms with Crippen LogP contribution in [0.2, 0.25) is 0 Å². The molecule has 1 rings (SSSR count). The third-order valence-electron chi connectivity index (χ3n) is 1.44. The Kier molecular flexibility index (Phi) is 2.11. The van der Waals surface area contributed by atoms with E-state index in [9.17, 15) is 0 Å². The Labute approximate surface area is 64.6 Å². The molecule has 0 fully saturated rings. The van der Waals surface area contributed by atoms with Crippen LogP contribution in [0.4, 0.5) is 0 Å². The van der Waals surface area contributed by atoms with Gasteiger partial charge in [0.05, 0.1) is 5.71 Å². The summed E-state index contributed by atoms with van der Waals surface area (Å²) < 4.78 is 0. The molecule has 11 heavy (non-hydrogen) atoms. The number of nitrogens with zero attached hydrogens (tertiary/aromatic N) is 1. The van der Waals surface area contributed by atoms with Crippen LogP contribution in [-0.2, 0) is 0 Å². The zero-order chi connectivity index (χ0) is 8.27. The van der Waals surface area contributed by atoms with Crippen molar-refractivity contribution < 1.29 is 10.3 Å². The molecular formula is C8H9NO2. The summed E-state index contributed by atoms with van der Waals surface area (Å²) in [6, 6.07) is 6.46. The summed E-state index contributed by atoms with van der Waals surface area (Å²) in [5, 5.41) is 20.3. The van der Waals surface area contributed by atoms with Gasteiger partial charge in [0.15, 0.2) is 0 Å². The van der Waals surface area contributed by atoms with Gasteiger partial charge in [0.2, 0.25) is 0 Å².